The Hall–Kier alpha value is -1.19. The first kappa shape index (κ1) is 11.9. The lowest BCUT2D eigenvalue weighted by Crippen LogP contribution is -2.61. The van der Waals surface area contributed by atoms with E-state index < -0.39 is 5.54 Å². The van der Waals surface area contributed by atoms with Crippen molar-refractivity contribution in [2.24, 2.45) is 0 Å². The molecule has 2 nitrogen and oxygen atoms in total. The molecule has 18 heavy (non-hydrogen) atoms. The molecule has 0 aliphatic carbocycles. The highest BCUT2D eigenvalue weighted by atomic mass is 19.1. The molecule has 0 aromatic heterocycles. The minimum atomic E-state index is -0.480. The highest BCUT2D eigenvalue weighted by Gasteiger charge is 2.48. The van der Waals surface area contributed by atoms with Gasteiger partial charge in [0.25, 0.3) is 0 Å². The van der Waals surface area contributed by atoms with Crippen LogP contribution in [0.3, 0.4) is 0 Å². The highest BCUT2D eigenvalue weighted by molar-refractivity contribution is 5.54. The SMILES string of the molecule is F/C(=C/c1ccccc1)C1(N2CCCC2)COC1. The van der Waals surface area contributed by atoms with Crippen LogP contribution in [-0.2, 0) is 4.74 Å². The van der Waals surface area contributed by atoms with Gasteiger partial charge in [-0.05, 0) is 37.6 Å². The van der Waals surface area contributed by atoms with Gasteiger partial charge in [0.1, 0.15) is 11.4 Å². The van der Waals surface area contributed by atoms with Gasteiger partial charge in [0, 0.05) is 0 Å². The van der Waals surface area contributed by atoms with E-state index in [1.165, 1.54) is 12.8 Å². The van der Waals surface area contributed by atoms with E-state index in [1.54, 1.807) is 6.08 Å². The van der Waals surface area contributed by atoms with Crippen molar-refractivity contribution >= 4 is 6.08 Å². The number of rotatable bonds is 3. The molecule has 0 bridgehead atoms. The summed E-state index contributed by atoms with van der Waals surface area (Å²) in [4.78, 5) is 2.24. The van der Waals surface area contributed by atoms with Crippen molar-refractivity contribution in [3.05, 3.63) is 41.7 Å². The largest absolute Gasteiger partial charge is 0.377 e. The molecule has 0 radical (unpaired) electrons. The van der Waals surface area contributed by atoms with Crippen LogP contribution in [0.4, 0.5) is 4.39 Å². The van der Waals surface area contributed by atoms with Crippen molar-refractivity contribution in [3.63, 3.8) is 0 Å². The molecule has 2 heterocycles. The maximum absolute atomic E-state index is 14.6. The Kier molecular flexibility index (Phi) is 3.18. The van der Waals surface area contributed by atoms with Gasteiger partial charge in [0.05, 0.1) is 13.2 Å². The van der Waals surface area contributed by atoms with Crippen LogP contribution in [0, 0.1) is 0 Å². The number of hydrogen-bond donors (Lipinski definition) is 0. The van der Waals surface area contributed by atoms with E-state index in [9.17, 15) is 4.39 Å². The highest BCUT2D eigenvalue weighted by Crippen LogP contribution is 2.37. The molecule has 1 aromatic rings. The molecule has 96 valence electrons. The number of ether oxygens (including phenoxy) is 1. The lowest BCUT2D eigenvalue weighted by Gasteiger charge is -2.47. The molecule has 0 N–H and O–H groups in total. The minimum Gasteiger partial charge on any atom is -0.377 e. The monoisotopic (exact) mass is 247 g/mol. The first-order valence-corrected chi connectivity index (χ1v) is 6.57. The van der Waals surface area contributed by atoms with Crippen LogP contribution >= 0.6 is 0 Å². The Labute approximate surface area is 107 Å². The molecule has 2 fully saturated rings. The standard InChI is InChI=1S/C15H18FNO/c16-14(10-13-6-2-1-3-7-13)15(11-18-12-15)17-8-4-5-9-17/h1-3,6-7,10H,4-5,8-9,11-12H2/b14-10+. The molecule has 3 rings (SSSR count). The second-order valence-corrected chi connectivity index (χ2v) is 5.12. The third-order valence-electron chi connectivity index (χ3n) is 3.93. The molecule has 0 amide bonds. The Morgan fingerprint density at radius 2 is 1.83 bits per heavy atom. The minimum absolute atomic E-state index is 0.0538. The average Bonchev–Trinajstić information content (AvgIpc) is 2.83. The molecule has 0 unspecified atom stereocenters. The Morgan fingerprint density at radius 3 is 2.39 bits per heavy atom. The Bertz CT molecular complexity index is 433. The normalized spacial score (nSPS) is 23.9. The molecular formula is C15H18FNO. The Morgan fingerprint density at radius 1 is 1.17 bits per heavy atom. The van der Waals surface area contributed by atoms with Crippen LogP contribution in [0.2, 0.25) is 0 Å². The fourth-order valence-electron chi connectivity index (χ4n) is 2.74. The van der Waals surface area contributed by atoms with Crippen molar-refractivity contribution in [2.75, 3.05) is 26.3 Å². The van der Waals surface area contributed by atoms with Crippen LogP contribution in [-0.4, -0.2) is 36.7 Å². The van der Waals surface area contributed by atoms with Gasteiger partial charge < -0.3 is 4.74 Å². The third kappa shape index (κ3) is 1.98. The molecular weight excluding hydrogens is 229 g/mol. The van der Waals surface area contributed by atoms with Crippen molar-refractivity contribution in [1.29, 1.82) is 0 Å². The summed E-state index contributed by atoms with van der Waals surface area (Å²) in [6, 6.07) is 9.66. The van der Waals surface area contributed by atoms with E-state index >= 15 is 0 Å². The number of benzene rings is 1. The summed E-state index contributed by atoms with van der Waals surface area (Å²) in [5, 5.41) is 0. The lowest BCUT2D eigenvalue weighted by molar-refractivity contribution is -0.121. The first-order valence-electron chi connectivity index (χ1n) is 6.57. The number of likely N-dealkylation sites (tertiary alicyclic amines) is 1. The second-order valence-electron chi connectivity index (χ2n) is 5.12. The average molecular weight is 247 g/mol. The molecule has 3 heteroatoms. The second kappa shape index (κ2) is 4.82. The van der Waals surface area contributed by atoms with Crippen molar-refractivity contribution in [3.8, 4) is 0 Å². The van der Waals surface area contributed by atoms with E-state index in [0.29, 0.717) is 13.2 Å². The first-order chi connectivity index (χ1) is 8.81. The number of hydrogen-bond acceptors (Lipinski definition) is 2. The fourth-order valence-corrected chi connectivity index (χ4v) is 2.74. The summed E-state index contributed by atoms with van der Waals surface area (Å²) < 4.78 is 19.9. The van der Waals surface area contributed by atoms with E-state index in [4.69, 9.17) is 4.74 Å². The van der Waals surface area contributed by atoms with Crippen LogP contribution in [0.25, 0.3) is 6.08 Å². The maximum Gasteiger partial charge on any atom is 0.126 e. The van der Waals surface area contributed by atoms with Gasteiger partial charge in [0.2, 0.25) is 0 Å². The molecule has 0 spiro atoms. The topological polar surface area (TPSA) is 12.5 Å². The zero-order valence-electron chi connectivity index (χ0n) is 10.4. The predicted molar refractivity (Wildman–Crippen MR) is 69.9 cm³/mol. The van der Waals surface area contributed by atoms with E-state index in [-0.39, 0.29) is 5.83 Å². The van der Waals surface area contributed by atoms with E-state index in [0.717, 1.165) is 18.7 Å². The van der Waals surface area contributed by atoms with E-state index in [1.807, 2.05) is 30.3 Å². The zero-order chi connectivity index (χ0) is 12.4. The van der Waals surface area contributed by atoms with Gasteiger partial charge >= 0.3 is 0 Å². The third-order valence-corrected chi connectivity index (χ3v) is 3.93. The number of nitrogens with zero attached hydrogens (tertiary/aromatic N) is 1. The molecule has 0 saturated carbocycles. The summed E-state index contributed by atoms with van der Waals surface area (Å²) in [5.74, 6) is -0.0538. The van der Waals surface area contributed by atoms with Crippen LogP contribution in [0.15, 0.2) is 36.2 Å². The van der Waals surface area contributed by atoms with Crippen LogP contribution < -0.4 is 0 Å². The Balaban J connectivity index is 1.85. The summed E-state index contributed by atoms with van der Waals surface area (Å²) in [7, 11) is 0. The summed E-state index contributed by atoms with van der Waals surface area (Å²) in [6.45, 7) is 2.95. The smallest absolute Gasteiger partial charge is 0.126 e. The molecule has 2 aliphatic rings. The predicted octanol–water partition coefficient (Wildman–Crippen LogP) is 2.86. The number of halogens is 1. The summed E-state index contributed by atoms with van der Waals surface area (Å²) in [6.07, 6.45) is 3.99. The molecule has 2 saturated heterocycles. The van der Waals surface area contributed by atoms with Gasteiger partial charge in [-0.3, -0.25) is 4.90 Å². The maximum atomic E-state index is 14.6. The zero-order valence-corrected chi connectivity index (χ0v) is 10.4. The summed E-state index contributed by atoms with van der Waals surface area (Å²) in [5.41, 5.74) is 0.437. The van der Waals surface area contributed by atoms with Crippen molar-refractivity contribution < 1.29 is 9.13 Å². The van der Waals surface area contributed by atoms with Crippen LogP contribution in [0.5, 0.6) is 0 Å². The van der Waals surface area contributed by atoms with Crippen molar-refractivity contribution in [2.45, 2.75) is 18.4 Å². The fraction of sp³-hybridized carbons (Fsp3) is 0.467. The molecule has 1 aromatic carbocycles. The van der Waals surface area contributed by atoms with Crippen LogP contribution in [0.1, 0.15) is 18.4 Å². The lowest BCUT2D eigenvalue weighted by atomic mass is 9.92. The van der Waals surface area contributed by atoms with Gasteiger partial charge in [-0.2, -0.15) is 0 Å². The van der Waals surface area contributed by atoms with Gasteiger partial charge in [-0.1, -0.05) is 30.3 Å². The van der Waals surface area contributed by atoms with Gasteiger partial charge in [0.15, 0.2) is 0 Å². The molecule has 0 atom stereocenters. The summed E-state index contributed by atoms with van der Waals surface area (Å²) >= 11 is 0. The quantitative estimate of drug-likeness (QED) is 0.814. The van der Waals surface area contributed by atoms with Crippen molar-refractivity contribution in [1.82, 2.24) is 4.90 Å². The van der Waals surface area contributed by atoms with E-state index in [2.05, 4.69) is 4.90 Å². The molecule has 2 aliphatic heterocycles. The van der Waals surface area contributed by atoms with Gasteiger partial charge in [-0.15, -0.1) is 0 Å². The van der Waals surface area contributed by atoms with Gasteiger partial charge in [-0.25, -0.2) is 4.39 Å².